The molecule has 24 heavy (non-hydrogen) atoms. The van der Waals surface area contributed by atoms with E-state index in [1.807, 2.05) is 30.3 Å². The Balaban J connectivity index is 1.74. The molecular weight excluding hydrogens is 366 g/mol. The van der Waals surface area contributed by atoms with Crippen LogP contribution in [0.2, 0.25) is 0 Å². The van der Waals surface area contributed by atoms with Crippen LogP contribution in [0.15, 0.2) is 46.9 Å². The van der Waals surface area contributed by atoms with E-state index in [0.29, 0.717) is 23.0 Å². The van der Waals surface area contributed by atoms with Gasteiger partial charge in [-0.2, -0.15) is 0 Å². The van der Waals surface area contributed by atoms with Gasteiger partial charge in [0.1, 0.15) is 0 Å². The number of nitrogens with two attached hydrogens (primary N) is 1. The summed E-state index contributed by atoms with van der Waals surface area (Å²) < 4.78 is 0.947. The highest BCUT2D eigenvalue weighted by molar-refractivity contribution is 9.10. The monoisotopic (exact) mass is 387 g/mol. The van der Waals surface area contributed by atoms with Crippen LogP contribution in [0.4, 0.5) is 17.1 Å². The minimum absolute atomic E-state index is 0.138. The van der Waals surface area contributed by atoms with E-state index in [2.05, 4.69) is 33.1 Å². The Morgan fingerprint density at radius 2 is 1.96 bits per heavy atom. The average Bonchev–Trinajstić information content (AvgIpc) is 2.56. The Hall–Kier alpha value is -2.01. The Labute approximate surface area is 151 Å². The number of hydrogen-bond acceptors (Lipinski definition) is 3. The van der Waals surface area contributed by atoms with Gasteiger partial charge in [0.15, 0.2) is 0 Å². The summed E-state index contributed by atoms with van der Waals surface area (Å²) in [6, 6.07) is 13.5. The summed E-state index contributed by atoms with van der Waals surface area (Å²) in [7, 11) is 0. The molecule has 1 aliphatic heterocycles. The SMILES string of the molecule is CC1CCCCN1c1ccc(NC(=O)c2ccc(Br)cc2)cc1N. The first-order chi connectivity index (χ1) is 11.5. The fourth-order valence-electron chi connectivity index (χ4n) is 3.15. The number of nitrogens with zero attached hydrogens (tertiary/aromatic N) is 1. The Morgan fingerprint density at radius 3 is 2.62 bits per heavy atom. The number of benzene rings is 2. The topological polar surface area (TPSA) is 58.4 Å². The molecule has 1 aliphatic rings. The smallest absolute Gasteiger partial charge is 0.255 e. The molecule has 1 fully saturated rings. The third-order valence-electron chi connectivity index (χ3n) is 4.50. The lowest BCUT2D eigenvalue weighted by molar-refractivity contribution is 0.102. The minimum atomic E-state index is -0.138. The second-order valence-electron chi connectivity index (χ2n) is 6.27. The van der Waals surface area contributed by atoms with Crippen molar-refractivity contribution in [3.8, 4) is 0 Å². The van der Waals surface area contributed by atoms with Crippen LogP contribution in [-0.2, 0) is 0 Å². The highest BCUT2D eigenvalue weighted by Crippen LogP contribution is 2.31. The molecule has 2 aromatic carbocycles. The fourth-order valence-corrected chi connectivity index (χ4v) is 3.42. The van der Waals surface area contributed by atoms with Crippen LogP contribution in [0.3, 0.4) is 0 Å². The molecule has 3 rings (SSSR count). The van der Waals surface area contributed by atoms with Crippen LogP contribution in [0.25, 0.3) is 0 Å². The number of carbonyl (C=O) groups is 1. The molecule has 4 nitrogen and oxygen atoms in total. The molecule has 3 N–H and O–H groups in total. The predicted molar refractivity (Wildman–Crippen MR) is 104 cm³/mol. The van der Waals surface area contributed by atoms with Crippen LogP contribution < -0.4 is 16.0 Å². The highest BCUT2D eigenvalue weighted by atomic mass is 79.9. The number of carbonyl (C=O) groups excluding carboxylic acids is 1. The van der Waals surface area contributed by atoms with Crippen molar-refractivity contribution in [1.29, 1.82) is 0 Å². The Kier molecular flexibility index (Phi) is 5.09. The van der Waals surface area contributed by atoms with Crippen molar-refractivity contribution < 1.29 is 4.79 Å². The molecular formula is C19H22BrN3O. The zero-order valence-electron chi connectivity index (χ0n) is 13.8. The molecule has 126 valence electrons. The standard InChI is InChI=1S/C19H22BrN3O/c1-13-4-2-3-11-23(13)18-10-9-16(12-17(18)21)22-19(24)14-5-7-15(20)8-6-14/h5-10,12-13H,2-4,11,21H2,1H3,(H,22,24). The summed E-state index contributed by atoms with van der Waals surface area (Å²) in [5, 5.41) is 2.91. The summed E-state index contributed by atoms with van der Waals surface area (Å²) in [5.41, 5.74) is 9.35. The van der Waals surface area contributed by atoms with E-state index in [0.717, 1.165) is 16.7 Å². The number of nitrogen functional groups attached to an aromatic ring is 1. The summed E-state index contributed by atoms with van der Waals surface area (Å²) in [6.07, 6.45) is 3.67. The van der Waals surface area contributed by atoms with Crippen molar-refractivity contribution in [1.82, 2.24) is 0 Å². The number of anilines is 3. The molecule has 0 spiro atoms. The van der Waals surface area contributed by atoms with E-state index in [1.54, 1.807) is 12.1 Å². The van der Waals surface area contributed by atoms with Gasteiger partial charge in [-0.3, -0.25) is 4.79 Å². The van der Waals surface area contributed by atoms with E-state index in [1.165, 1.54) is 19.3 Å². The van der Waals surface area contributed by atoms with Crippen LogP contribution in [0.5, 0.6) is 0 Å². The third kappa shape index (κ3) is 3.73. The number of nitrogens with one attached hydrogen (secondary N) is 1. The number of piperidine rings is 1. The van der Waals surface area contributed by atoms with E-state index < -0.39 is 0 Å². The van der Waals surface area contributed by atoms with Crippen LogP contribution in [0.1, 0.15) is 36.5 Å². The highest BCUT2D eigenvalue weighted by Gasteiger charge is 2.20. The van der Waals surface area contributed by atoms with Crippen molar-refractivity contribution in [2.24, 2.45) is 0 Å². The molecule has 2 aromatic rings. The summed E-state index contributed by atoms with van der Waals surface area (Å²) >= 11 is 3.37. The normalized spacial score (nSPS) is 17.6. The molecule has 1 heterocycles. The molecule has 0 bridgehead atoms. The molecule has 1 saturated heterocycles. The summed E-state index contributed by atoms with van der Waals surface area (Å²) in [4.78, 5) is 14.7. The van der Waals surface area contributed by atoms with Crippen molar-refractivity contribution in [3.05, 3.63) is 52.5 Å². The lowest BCUT2D eigenvalue weighted by atomic mass is 10.0. The lowest BCUT2D eigenvalue weighted by Crippen LogP contribution is -2.37. The van der Waals surface area contributed by atoms with E-state index in [-0.39, 0.29) is 5.91 Å². The van der Waals surface area contributed by atoms with Gasteiger partial charge in [-0.25, -0.2) is 0 Å². The first-order valence-corrected chi connectivity index (χ1v) is 9.07. The van der Waals surface area contributed by atoms with E-state index >= 15 is 0 Å². The van der Waals surface area contributed by atoms with Gasteiger partial charge < -0.3 is 16.0 Å². The zero-order chi connectivity index (χ0) is 17.1. The molecule has 1 amide bonds. The van der Waals surface area contributed by atoms with E-state index in [9.17, 15) is 4.79 Å². The predicted octanol–water partition coefficient (Wildman–Crippen LogP) is 4.66. The van der Waals surface area contributed by atoms with Crippen LogP contribution in [0, 0.1) is 0 Å². The number of amides is 1. The summed E-state index contributed by atoms with van der Waals surface area (Å²) in [5.74, 6) is -0.138. The van der Waals surface area contributed by atoms with Crippen molar-refractivity contribution >= 4 is 38.9 Å². The second kappa shape index (κ2) is 7.26. The first-order valence-electron chi connectivity index (χ1n) is 8.27. The fraction of sp³-hybridized carbons (Fsp3) is 0.316. The van der Waals surface area contributed by atoms with Crippen LogP contribution in [-0.4, -0.2) is 18.5 Å². The van der Waals surface area contributed by atoms with Gasteiger partial charge in [-0.1, -0.05) is 15.9 Å². The molecule has 5 heteroatoms. The van der Waals surface area contributed by atoms with Gasteiger partial charge in [0.25, 0.3) is 5.91 Å². The van der Waals surface area contributed by atoms with Gasteiger partial charge in [-0.15, -0.1) is 0 Å². The Morgan fingerprint density at radius 1 is 1.21 bits per heavy atom. The van der Waals surface area contributed by atoms with Gasteiger partial charge >= 0.3 is 0 Å². The second-order valence-corrected chi connectivity index (χ2v) is 7.19. The Bertz CT molecular complexity index is 730. The van der Waals surface area contributed by atoms with E-state index in [4.69, 9.17) is 5.73 Å². The van der Waals surface area contributed by atoms with Crippen LogP contribution >= 0.6 is 15.9 Å². The average molecular weight is 388 g/mol. The van der Waals surface area contributed by atoms with Gasteiger partial charge in [0, 0.05) is 28.3 Å². The third-order valence-corrected chi connectivity index (χ3v) is 5.03. The van der Waals surface area contributed by atoms with Gasteiger partial charge in [-0.05, 0) is 68.7 Å². The minimum Gasteiger partial charge on any atom is -0.397 e. The van der Waals surface area contributed by atoms with Crippen molar-refractivity contribution in [3.63, 3.8) is 0 Å². The molecule has 1 unspecified atom stereocenters. The number of rotatable bonds is 3. The molecule has 0 aromatic heterocycles. The maximum absolute atomic E-state index is 12.3. The largest absolute Gasteiger partial charge is 0.397 e. The molecule has 0 radical (unpaired) electrons. The lowest BCUT2D eigenvalue weighted by Gasteiger charge is -2.36. The quantitative estimate of drug-likeness (QED) is 0.752. The van der Waals surface area contributed by atoms with Gasteiger partial charge in [0.2, 0.25) is 0 Å². The first kappa shape index (κ1) is 16.8. The number of halogens is 1. The molecule has 0 aliphatic carbocycles. The maximum Gasteiger partial charge on any atom is 0.255 e. The van der Waals surface area contributed by atoms with Gasteiger partial charge in [0.05, 0.1) is 11.4 Å². The summed E-state index contributed by atoms with van der Waals surface area (Å²) in [6.45, 7) is 3.28. The molecule has 0 saturated carbocycles. The van der Waals surface area contributed by atoms with Crippen molar-refractivity contribution in [2.45, 2.75) is 32.2 Å². The maximum atomic E-state index is 12.3. The molecule has 1 atom stereocenters. The number of hydrogen-bond donors (Lipinski definition) is 2. The van der Waals surface area contributed by atoms with Crippen molar-refractivity contribution in [2.75, 3.05) is 22.5 Å². The zero-order valence-corrected chi connectivity index (χ0v) is 15.3.